The number of hydrogen-bond donors (Lipinski definition) is 0. The molecule has 0 nitrogen and oxygen atoms in total. The van der Waals surface area contributed by atoms with Crippen LogP contribution in [0.5, 0.6) is 0 Å². The third-order valence-corrected chi connectivity index (χ3v) is 5.40. The molecule has 0 N–H and O–H groups in total. The van der Waals surface area contributed by atoms with E-state index in [-0.39, 0.29) is 0 Å². The first-order valence-corrected chi connectivity index (χ1v) is 8.18. The molecule has 0 saturated carbocycles. The van der Waals surface area contributed by atoms with E-state index in [2.05, 4.69) is 72.8 Å². The Morgan fingerprint density at radius 1 is 0.696 bits per heavy atom. The van der Waals surface area contributed by atoms with Crippen LogP contribution in [-0.4, -0.2) is 0 Å². The number of fused-ring (bicyclic) bond motifs is 4. The summed E-state index contributed by atoms with van der Waals surface area (Å²) in [5.41, 5.74) is 8.62. The van der Waals surface area contributed by atoms with E-state index in [1.807, 2.05) is 0 Å². The van der Waals surface area contributed by atoms with E-state index in [9.17, 15) is 0 Å². The third-order valence-electron chi connectivity index (χ3n) is 5.40. The SMILES string of the molecule is C1=C2c3ccccc3Cc3ccc4cc5ccccc5c1c4c32. The van der Waals surface area contributed by atoms with Gasteiger partial charge in [0.15, 0.2) is 0 Å². The second kappa shape index (κ2) is 3.91. The summed E-state index contributed by atoms with van der Waals surface area (Å²) in [4.78, 5) is 0. The summed E-state index contributed by atoms with van der Waals surface area (Å²) in [5, 5.41) is 5.51. The standard InChI is InChI=1S/C23H14/c1-3-7-18-14(5-1)11-16-9-10-17-12-15-6-2-4-8-19(15)21-13-20(18)22(16)23(17)21/h1-11,13H,12H2. The molecule has 0 atom stereocenters. The summed E-state index contributed by atoms with van der Waals surface area (Å²) in [5.74, 6) is 0. The summed E-state index contributed by atoms with van der Waals surface area (Å²) in [6.07, 6.45) is 3.46. The van der Waals surface area contributed by atoms with Gasteiger partial charge in [0, 0.05) is 0 Å². The molecule has 0 bridgehead atoms. The van der Waals surface area contributed by atoms with Crippen LogP contribution in [0.3, 0.4) is 0 Å². The molecule has 0 unspecified atom stereocenters. The van der Waals surface area contributed by atoms with Gasteiger partial charge in [-0.1, -0.05) is 60.7 Å². The molecule has 4 aromatic carbocycles. The fourth-order valence-corrected chi connectivity index (χ4v) is 4.42. The van der Waals surface area contributed by atoms with Crippen LogP contribution in [0.1, 0.15) is 27.8 Å². The van der Waals surface area contributed by atoms with Crippen LogP contribution < -0.4 is 0 Å². The van der Waals surface area contributed by atoms with Crippen LogP contribution in [0.15, 0.2) is 66.7 Å². The Kier molecular flexibility index (Phi) is 1.98. The van der Waals surface area contributed by atoms with Crippen LogP contribution >= 0.6 is 0 Å². The van der Waals surface area contributed by atoms with E-state index >= 15 is 0 Å². The monoisotopic (exact) mass is 290 g/mol. The molecule has 0 radical (unpaired) electrons. The number of hydrogen-bond acceptors (Lipinski definition) is 0. The molecule has 0 aromatic heterocycles. The molecule has 0 amide bonds. The first-order valence-electron chi connectivity index (χ1n) is 8.18. The Bertz CT molecular complexity index is 1180. The molecule has 6 rings (SSSR count). The van der Waals surface area contributed by atoms with Crippen molar-refractivity contribution in [2.75, 3.05) is 0 Å². The highest BCUT2D eigenvalue weighted by atomic mass is 14.3. The van der Waals surface area contributed by atoms with Gasteiger partial charge in [0.25, 0.3) is 0 Å². The normalized spacial score (nSPS) is 14.2. The molecule has 4 aromatic rings. The van der Waals surface area contributed by atoms with Gasteiger partial charge in [0.1, 0.15) is 0 Å². The van der Waals surface area contributed by atoms with Crippen molar-refractivity contribution in [3.05, 3.63) is 94.5 Å². The van der Waals surface area contributed by atoms with Crippen molar-refractivity contribution in [3.63, 3.8) is 0 Å². The van der Waals surface area contributed by atoms with Crippen molar-refractivity contribution >= 4 is 33.2 Å². The Hall–Kier alpha value is -2.86. The highest BCUT2D eigenvalue weighted by Gasteiger charge is 2.27. The quantitative estimate of drug-likeness (QED) is 0.310. The van der Waals surface area contributed by atoms with Gasteiger partial charge in [-0.3, -0.25) is 0 Å². The second-order valence-electron chi connectivity index (χ2n) is 6.60. The van der Waals surface area contributed by atoms with Crippen molar-refractivity contribution in [2.24, 2.45) is 0 Å². The van der Waals surface area contributed by atoms with Gasteiger partial charge in [-0.05, 0) is 73.5 Å². The Balaban J connectivity index is 1.85. The summed E-state index contributed by atoms with van der Waals surface area (Å²) in [6, 6.07) is 24.6. The zero-order chi connectivity index (χ0) is 15.0. The molecule has 106 valence electrons. The van der Waals surface area contributed by atoms with Gasteiger partial charge < -0.3 is 0 Å². The lowest BCUT2D eigenvalue weighted by atomic mass is 9.82. The van der Waals surface area contributed by atoms with E-state index in [0.29, 0.717) is 0 Å². The summed E-state index contributed by atoms with van der Waals surface area (Å²) in [6.45, 7) is 0. The smallest absolute Gasteiger partial charge is 0.00132 e. The maximum atomic E-state index is 2.42. The van der Waals surface area contributed by atoms with Crippen LogP contribution in [0.4, 0.5) is 0 Å². The van der Waals surface area contributed by atoms with Crippen LogP contribution in [0, 0.1) is 0 Å². The number of rotatable bonds is 0. The Morgan fingerprint density at radius 3 is 2.57 bits per heavy atom. The van der Waals surface area contributed by atoms with E-state index in [0.717, 1.165) is 6.42 Å². The summed E-state index contributed by atoms with van der Waals surface area (Å²) >= 11 is 0. The van der Waals surface area contributed by atoms with Crippen molar-refractivity contribution < 1.29 is 0 Å². The largest absolute Gasteiger partial charge is 0.0619 e. The predicted octanol–water partition coefficient (Wildman–Crippen LogP) is 5.80. The molecule has 0 heteroatoms. The molecule has 2 aliphatic rings. The van der Waals surface area contributed by atoms with Crippen LogP contribution in [0.2, 0.25) is 0 Å². The maximum absolute atomic E-state index is 2.42. The minimum absolute atomic E-state index is 1.05. The summed E-state index contributed by atoms with van der Waals surface area (Å²) < 4.78 is 0. The molecule has 0 saturated heterocycles. The molecule has 23 heavy (non-hydrogen) atoms. The highest BCUT2D eigenvalue weighted by Crippen LogP contribution is 2.48. The third kappa shape index (κ3) is 1.37. The van der Waals surface area contributed by atoms with E-state index in [1.54, 1.807) is 0 Å². The predicted molar refractivity (Wildman–Crippen MR) is 97.7 cm³/mol. The molecular formula is C23H14. The minimum Gasteiger partial charge on any atom is -0.0619 e. The Morgan fingerprint density at radius 2 is 1.57 bits per heavy atom. The van der Waals surface area contributed by atoms with Crippen molar-refractivity contribution in [1.29, 1.82) is 0 Å². The van der Waals surface area contributed by atoms with Crippen molar-refractivity contribution in [3.8, 4) is 0 Å². The van der Waals surface area contributed by atoms with Crippen molar-refractivity contribution in [1.82, 2.24) is 0 Å². The summed E-state index contributed by atoms with van der Waals surface area (Å²) in [7, 11) is 0. The van der Waals surface area contributed by atoms with Crippen LogP contribution in [-0.2, 0) is 6.42 Å². The second-order valence-corrected chi connectivity index (χ2v) is 6.60. The zero-order valence-electron chi connectivity index (χ0n) is 12.6. The minimum atomic E-state index is 1.05. The van der Waals surface area contributed by atoms with Gasteiger partial charge in [-0.15, -0.1) is 0 Å². The van der Waals surface area contributed by atoms with Crippen molar-refractivity contribution in [2.45, 2.75) is 6.42 Å². The molecule has 0 spiro atoms. The fraction of sp³-hybridized carbons (Fsp3) is 0.0435. The average molecular weight is 290 g/mol. The maximum Gasteiger partial charge on any atom is -0.00132 e. The first-order chi connectivity index (χ1) is 11.4. The highest BCUT2D eigenvalue weighted by molar-refractivity contribution is 6.21. The lowest BCUT2D eigenvalue weighted by molar-refractivity contribution is 1.15. The van der Waals surface area contributed by atoms with Gasteiger partial charge in [-0.2, -0.15) is 0 Å². The lowest BCUT2D eigenvalue weighted by Gasteiger charge is -2.21. The number of benzene rings is 4. The topological polar surface area (TPSA) is 0 Å². The molecule has 0 aliphatic heterocycles. The lowest BCUT2D eigenvalue weighted by Crippen LogP contribution is -2.05. The van der Waals surface area contributed by atoms with Gasteiger partial charge >= 0.3 is 0 Å². The van der Waals surface area contributed by atoms with E-state index in [1.165, 1.54) is 54.9 Å². The average Bonchev–Trinajstić information content (AvgIpc) is 3.01. The van der Waals surface area contributed by atoms with Gasteiger partial charge in [0.2, 0.25) is 0 Å². The Labute approximate surface area is 134 Å². The molecule has 0 heterocycles. The van der Waals surface area contributed by atoms with Crippen LogP contribution in [0.25, 0.3) is 33.2 Å². The molecule has 0 fully saturated rings. The zero-order valence-corrected chi connectivity index (χ0v) is 12.6. The van der Waals surface area contributed by atoms with E-state index < -0.39 is 0 Å². The first kappa shape index (κ1) is 11.7. The van der Waals surface area contributed by atoms with Gasteiger partial charge in [0.05, 0.1) is 0 Å². The van der Waals surface area contributed by atoms with Gasteiger partial charge in [-0.25, -0.2) is 0 Å². The molecule has 2 aliphatic carbocycles. The van der Waals surface area contributed by atoms with E-state index in [4.69, 9.17) is 0 Å². The fourth-order valence-electron chi connectivity index (χ4n) is 4.42. The molecular weight excluding hydrogens is 276 g/mol.